The highest BCUT2D eigenvalue weighted by Gasteiger charge is 2.46. The van der Waals surface area contributed by atoms with Crippen molar-refractivity contribution in [1.82, 2.24) is 0 Å². The standard InChI is InChI=1S/C27H36O13/c1-34-16-5-12(6-17(35-2)21(16)30)15-11-38-25(14(15)9-28)13-7-18(36-3)26(19(8-13)37-4)40-27-24(33)23(32)22(31)20(10-29)39-27/h5-8,14-15,20,22-25,27-33H,9-11H2,1-4H3/t14-,15+,20-,22-,23+,24-,25+,27+/m1/s1. The van der Waals surface area contributed by atoms with Crippen molar-refractivity contribution in [1.29, 1.82) is 0 Å². The highest BCUT2D eigenvalue weighted by Crippen LogP contribution is 2.50. The van der Waals surface area contributed by atoms with Gasteiger partial charge in [-0.15, -0.1) is 0 Å². The lowest BCUT2D eigenvalue weighted by Crippen LogP contribution is -2.60. The van der Waals surface area contributed by atoms with E-state index in [0.29, 0.717) is 5.56 Å². The number of aliphatic hydroxyl groups excluding tert-OH is 5. The van der Waals surface area contributed by atoms with Gasteiger partial charge in [0.05, 0.1) is 47.8 Å². The molecule has 13 nitrogen and oxygen atoms in total. The molecule has 8 atom stereocenters. The van der Waals surface area contributed by atoms with Crippen LogP contribution in [-0.4, -0.2) is 110 Å². The molecule has 13 heteroatoms. The van der Waals surface area contributed by atoms with Gasteiger partial charge in [0.1, 0.15) is 24.4 Å². The maximum atomic E-state index is 10.4. The van der Waals surface area contributed by atoms with Crippen molar-refractivity contribution < 1.29 is 63.8 Å². The number of hydrogen-bond acceptors (Lipinski definition) is 13. The Morgan fingerprint density at radius 3 is 1.80 bits per heavy atom. The molecule has 2 fully saturated rings. The molecule has 0 radical (unpaired) electrons. The van der Waals surface area contributed by atoms with Gasteiger partial charge in [-0.2, -0.15) is 0 Å². The molecule has 0 spiro atoms. The lowest BCUT2D eigenvalue weighted by molar-refractivity contribution is -0.277. The largest absolute Gasteiger partial charge is 0.502 e. The Morgan fingerprint density at radius 2 is 1.30 bits per heavy atom. The number of phenolic OH excluding ortho intramolecular Hbond substituents is 1. The smallest absolute Gasteiger partial charge is 0.229 e. The summed E-state index contributed by atoms with van der Waals surface area (Å²) < 4.78 is 39.1. The second kappa shape index (κ2) is 12.6. The minimum Gasteiger partial charge on any atom is -0.502 e. The van der Waals surface area contributed by atoms with Crippen LogP contribution in [0.3, 0.4) is 0 Å². The first-order valence-electron chi connectivity index (χ1n) is 12.6. The van der Waals surface area contributed by atoms with Gasteiger partial charge >= 0.3 is 0 Å². The fourth-order valence-corrected chi connectivity index (χ4v) is 5.16. The molecule has 6 N–H and O–H groups in total. The first kappa shape index (κ1) is 29.9. The summed E-state index contributed by atoms with van der Waals surface area (Å²) in [5, 5.41) is 60.8. The molecule has 0 aliphatic carbocycles. The summed E-state index contributed by atoms with van der Waals surface area (Å²) in [6.45, 7) is -0.588. The molecule has 0 amide bonds. The second-order valence-electron chi connectivity index (χ2n) is 9.55. The number of aromatic hydroxyl groups is 1. The zero-order chi connectivity index (χ0) is 29.1. The van der Waals surface area contributed by atoms with E-state index >= 15 is 0 Å². The summed E-state index contributed by atoms with van der Waals surface area (Å²) in [6.07, 6.45) is -8.01. The number of rotatable bonds is 10. The average Bonchev–Trinajstić information content (AvgIpc) is 3.41. The number of benzene rings is 2. The van der Waals surface area contributed by atoms with Crippen LogP contribution in [-0.2, 0) is 9.47 Å². The van der Waals surface area contributed by atoms with E-state index in [1.54, 1.807) is 24.3 Å². The van der Waals surface area contributed by atoms with Crippen molar-refractivity contribution in [3.05, 3.63) is 35.4 Å². The Bertz CT molecular complexity index is 1110. The van der Waals surface area contributed by atoms with Gasteiger partial charge in [-0.1, -0.05) is 0 Å². The van der Waals surface area contributed by atoms with E-state index < -0.39 is 49.3 Å². The minimum atomic E-state index is -1.64. The fourth-order valence-electron chi connectivity index (χ4n) is 5.16. The van der Waals surface area contributed by atoms with Crippen LogP contribution in [0.1, 0.15) is 23.1 Å². The number of aliphatic hydroxyl groups is 5. The molecule has 2 aliphatic rings. The van der Waals surface area contributed by atoms with Gasteiger partial charge in [-0.25, -0.2) is 0 Å². The van der Waals surface area contributed by atoms with Crippen molar-refractivity contribution in [2.24, 2.45) is 5.92 Å². The molecule has 4 rings (SSSR count). The molecule has 2 heterocycles. The zero-order valence-corrected chi connectivity index (χ0v) is 22.6. The third-order valence-electron chi connectivity index (χ3n) is 7.40. The molecule has 2 aromatic rings. The monoisotopic (exact) mass is 568 g/mol. The van der Waals surface area contributed by atoms with Crippen LogP contribution >= 0.6 is 0 Å². The summed E-state index contributed by atoms with van der Waals surface area (Å²) in [7, 11) is 5.66. The molecule has 0 saturated carbocycles. The van der Waals surface area contributed by atoms with Crippen LogP contribution in [0.4, 0.5) is 0 Å². The van der Waals surface area contributed by atoms with Gasteiger partial charge in [0.15, 0.2) is 23.0 Å². The molecule has 0 bridgehead atoms. The maximum Gasteiger partial charge on any atom is 0.229 e. The molecule has 40 heavy (non-hydrogen) atoms. The Labute approximate surface area is 231 Å². The van der Waals surface area contributed by atoms with Crippen LogP contribution in [0.2, 0.25) is 0 Å². The van der Waals surface area contributed by atoms with E-state index in [1.165, 1.54) is 28.4 Å². The topological polar surface area (TPSA) is 186 Å². The Morgan fingerprint density at radius 1 is 0.750 bits per heavy atom. The molecule has 2 aliphatic heterocycles. The highest BCUT2D eigenvalue weighted by atomic mass is 16.7. The van der Waals surface area contributed by atoms with Crippen LogP contribution in [0, 0.1) is 5.92 Å². The van der Waals surface area contributed by atoms with Crippen LogP contribution < -0.4 is 23.7 Å². The zero-order valence-electron chi connectivity index (χ0n) is 22.6. The molecule has 222 valence electrons. The van der Waals surface area contributed by atoms with Gasteiger partial charge < -0.3 is 63.8 Å². The Balaban J connectivity index is 1.65. The second-order valence-corrected chi connectivity index (χ2v) is 9.55. The summed E-state index contributed by atoms with van der Waals surface area (Å²) >= 11 is 0. The van der Waals surface area contributed by atoms with Crippen molar-refractivity contribution in [2.75, 3.05) is 48.3 Å². The Hall–Kier alpha value is -3.04. The van der Waals surface area contributed by atoms with Crippen LogP contribution in [0.5, 0.6) is 34.5 Å². The van der Waals surface area contributed by atoms with Crippen LogP contribution in [0.25, 0.3) is 0 Å². The average molecular weight is 569 g/mol. The summed E-state index contributed by atoms with van der Waals surface area (Å²) in [4.78, 5) is 0. The molecular weight excluding hydrogens is 532 g/mol. The molecule has 2 aromatic carbocycles. The first-order valence-corrected chi connectivity index (χ1v) is 12.6. The fraction of sp³-hybridized carbons (Fsp3) is 0.556. The normalized spacial score (nSPS) is 30.1. The predicted molar refractivity (Wildman–Crippen MR) is 137 cm³/mol. The van der Waals surface area contributed by atoms with Crippen molar-refractivity contribution in [3.63, 3.8) is 0 Å². The first-order chi connectivity index (χ1) is 19.2. The van der Waals surface area contributed by atoms with Crippen molar-refractivity contribution >= 4 is 0 Å². The van der Waals surface area contributed by atoms with Crippen molar-refractivity contribution in [3.8, 4) is 34.5 Å². The van der Waals surface area contributed by atoms with E-state index in [2.05, 4.69) is 0 Å². The molecule has 2 saturated heterocycles. The number of methoxy groups -OCH3 is 4. The third kappa shape index (κ3) is 5.46. The third-order valence-corrected chi connectivity index (χ3v) is 7.40. The van der Waals surface area contributed by atoms with Gasteiger partial charge in [-0.05, 0) is 35.4 Å². The highest BCUT2D eigenvalue weighted by molar-refractivity contribution is 5.56. The SMILES string of the molecule is COc1cc([C@@H]2CO[C@@H](c3cc(OC)c(O[C@@H]4O[C@H](CO)[C@@H](O)[C@H](O)[C@H]4O)c(OC)c3)[C@@H]2CO)cc(OC)c1O. The number of ether oxygens (including phenoxy) is 7. The molecular formula is C27H36O13. The van der Waals surface area contributed by atoms with E-state index in [4.69, 9.17) is 33.2 Å². The molecule has 0 aromatic heterocycles. The van der Waals surface area contributed by atoms with Gasteiger partial charge in [0.2, 0.25) is 17.8 Å². The summed E-state index contributed by atoms with van der Waals surface area (Å²) in [5.74, 6) is 0.0486. The lowest BCUT2D eigenvalue weighted by atomic mass is 9.83. The van der Waals surface area contributed by atoms with Crippen LogP contribution in [0.15, 0.2) is 24.3 Å². The van der Waals surface area contributed by atoms with Gasteiger partial charge in [0.25, 0.3) is 0 Å². The van der Waals surface area contributed by atoms with Crippen molar-refractivity contribution in [2.45, 2.75) is 42.7 Å². The summed E-state index contributed by atoms with van der Waals surface area (Å²) in [5.41, 5.74) is 1.35. The number of phenols is 1. The quantitative estimate of drug-likeness (QED) is 0.226. The predicted octanol–water partition coefficient (Wildman–Crippen LogP) is 0.0689. The summed E-state index contributed by atoms with van der Waals surface area (Å²) in [6, 6.07) is 6.62. The lowest BCUT2D eigenvalue weighted by Gasteiger charge is -2.39. The minimum absolute atomic E-state index is 0.0428. The molecule has 0 unspecified atom stereocenters. The Kier molecular flexibility index (Phi) is 9.46. The van der Waals surface area contributed by atoms with Gasteiger partial charge in [0, 0.05) is 18.4 Å². The number of hydrogen-bond donors (Lipinski definition) is 6. The van der Waals surface area contributed by atoms with E-state index in [9.17, 15) is 30.6 Å². The van der Waals surface area contributed by atoms with E-state index in [-0.39, 0.29) is 53.6 Å². The van der Waals surface area contributed by atoms with E-state index in [0.717, 1.165) is 5.56 Å². The van der Waals surface area contributed by atoms with Gasteiger partial charge in [-0.3, -0.25) is 0 Å². The van der Waals surface area contributed by atoms with E-state index in [1.807, 2.05) is 0 Å². The maximum absolute atomic E-state index is 10.4.